The number of ether oxygens (including phenoxy) is 1. The molecule has 1 N–H and O–H groups in total. The molecule has 0 aromatic carbocycles. The molecule has 5 heteroatoms. The summed E-state index contributed by atoms with van der Waals surface area (Å²) < 4.78 is 7.19. The number of nitrogens with one attached hydrogen (secondary N) is 1. The highest BCUT2D eigenvalue weighted by Gasteiger charge is 2.11. The zero-order chi connectivity index (χ0) is 13.7. The standard InChI is InChI=1S/C14H19N3O2/c1-3-19-11(2)14(18)15-8-7-12-10-17-9-5-4-6-13(17)16-12/h4-6,9-11H,3,7-8H2,1-2H3,(H,15,18)/t11-/m0/s1. The van der Waals surface area contributed by atoms with Gasteiger partial charge in [-0.15, -0.1) is 0 Å². The van der Waals surface area contributed by atoms with Crippen LogP contribution in [-0.4, -0.2) is 34.5 Å². The Labute approximate surface area is 112 Å². The molecule has 2 rings (SSSR count). The van der Waals surface area contributed by atoms with Crippen molar-refractivity contribution < 1.29 is 9.53 Å². The Morgan fingerprint density at radius 2 is 2.37 bits per heavy atom. The fourth-order valence-corrected chi connectivity index (χ4v) is 1.89. The van der Waals surface area contributed by atoms with E-state index in [9.17, 15) is 4.79 Å². The lowest BCUT2D eigenvalue weighted by Crippen LogP contribution is -2.35. The van der Waals surface area contributed by atoms with Gasteiger partial charge in [-0.1, -0.05) is 6.07 Å². The minimum Gasteiger partial charge on any atom is -0.369 e. The van der Waals surface area contributed by atoms with E-state index < -0.39 is 6.10 Å². The van der Waals surface area contributed by atoms with Crippen LogP contribution < -0.4 is 5.32 Å². The quantitative estimate of drug-likeness (QED) is 0.855. The molecular formula is C14H19N3O2. The fourth-order valence-electron chi connectivity index (χ4n) is 1.89. The number of carbonyl (C=O) groups is 1. The molecule has 1 amide bonds. The topological polar surface area (TPSA) is 55.6 Å². The zero-order valence-electron chi connectivity index (χ0n) is 11.3. The summed E-state index contributed by atoms with van der Waals surface area (Å²) in [6, 6.07) is 5.88. The normalized spacial score (nSPS) is 12.5. The molecule has 2 heterocycles. The molecule has 2 aromatic rings. The molecule has 102 valence electrons. The molecule has 0 unspecified atom stereocenters. The summed E-state index contributed by atoms with van der Waals surface area (Å²) in [6.45, 7) is 4.74. The van der Waals surface area contributed by atoms with Crippen LogP contribution in [0.4, 0.5) is 0 Å². The number of rotatable bonds is 6. The molecule has 0 aliphatic rings. The van der Waals surface area contributed by atoms with Gasteiger partial charge in [0.05, 0.1) is 5.69 Å². The van der Waals surface area contributed by atoms with E-state index in [1.807, 2.05) is 41.9 Å². The van der Waals surface area contributed by atoms with E-state index in [4.69, 9.17) is 4.74 Å². The van der Waals surface area contributed by atoms with Crippen molar-refractivity contribution in [1.82, 2.24) is 14.7 Å². The average molecular weight is 261 g/mol. The number of hydrogen-bond acceptors (Lipinski definition) is 3. The van der Waals surface area contributed by atoms with Gasteiger partial charge in [-0.3, -0.25) is 4.79 Å². The maximum atomic E-state index is 11.6. The molecule has 0 bridgehead atoms. The van der Waals surface area contributed by atoms with Crippen LogP contribution in [0, 0.1) is 0 Å². The Morgan fingerprint density at radius 1 is 1.53 bits per heavy atom. The maximum absolute atomic E-state index is 11.6. The third-order valence-electron chi connectivity index (χ3n) is 2.88. The van der Waals surface area contributed by atoms with Gasteiger partial charge in [0.1, 0.15) is 11.8 Å². The van der Waals surface area contributed by atoms with Crippen LogP contribution in [0.1, 0.15) is 19.5 Å². The van der Waals surface area contributed by atoms with Crippen molar-refractivity contribution in [3.8, 4) is 0 Å². The van der Waals surface area contributed by atoms with E-state index in [1.54, 1.807) is 6.92 Å². The summed E-state index contributed by atoms with van der Waals surface area (Å²) in [7, 11) is 0. The fraction of sp³-hybridized carbons (Fsp3) is 0.429. The average Bonchev–Trinajstić information content (AvgIpc) is 2.81. The molecule has 1 atom stereocenters. The van der Waals surface area contributed by atoms with Gasteiger partial charge in [-0.05, 0) is 26.0 Å². The maximum Gasteiger partial charge on any atom is 0.248 e. The Balaban J connectivity index is 1.84. The first kappa shape index (κ1) is 13.5. The van der Waals surface area contributed by atoms with Gasteiger partial charge in [0.2, 0.25) is 5.91 Å². The predicted octanol–water partition coefficient (Wildman–Crippen LogP) is 1.42. The summed E-state index contributed by atoms with van der Waals surface area (Å²) >= 11 is 0. The zero-order valence-corrected chi connectivity index (χ0v) is 11.3. The summed E-state index contributed by atoms with van der Waals surface area (Å²) in [5, 5.41) is 2.85. The minimum atomic E-state index is -0.397. The van der Waals surface area contributed by atoms with Crippen molar-refractivity contribution in [3.63, 3.8) is 0 Å². The molecule has 0 fully saturated rings. The van der Waals surface area contributed by atoms with Crippen molar-refractivity contribution in [1.29, 1.82) is 0 Å². The van der Waals surface area contributed by atoms with Gasteiger partial charge in [0, 0.05) is 32.0 Å². The number of pyridine rings is 1. The summed E-state index contributed by atoms with van der Waals surface area (Å²) in [6.07, 6.45) is 4.26. The van der Waals surface area contributed by atoms with Crippen molar-refractivity contribution in [2.24, 2.45) is 0 Å². The van der Waals surface area contributed by atoms with Crippen molar-refractivity contribution >= 4 is 11.6 Å². The van der Waals surface area contributed by atoms with Gasteiger partial charge in [0.25, 0.3) is 0 Å². The number of amides is 1. The van der Waals surface area contributed by atoms with Crippen molar-refractivity contribution in [2.75, 3.05) is 13.2 Å². The third-order valence-corrected chi connectivity index (χ3v) is 2.88. The van der Waals surface area contributed by atoms with Crippen LogP contribution in [0.25, 0.3) is 5.65 Å². The second kappa shape index (κ2) is 6.33. The van der Waals surface area contributed by atoms with E-state index >= 15 is 0 Å². The Kier molecular flexibility index (Phi) is 4.52. The second-order valence-electron chi connectivity index (χ2n) is 4.34. The number of carbonyl (C=O) groups excluding carboxylic acids is 1. The lowest BCUT2D eigenvalue weighted by Gasteiger charge is -2.11. The number of fused-ring (bicyclic) bond motifs is 1. The van der Waals surface area contributed by atoms with Crippen molar-refractivity contribution in [2.45, 2.75) is 26.4 Å². The van der Waals surface area contributed by atoms with Gasteiger partial charge in [0.15, 0.2) is 0 Å². The molecule has 0 aliphatic heterocycles. The van der Waals surface area contributed by atoms with Crippen LogP contribution in [0.3, 0.4) is 0 Å². The summed E-state index contributed by atoms with van der Waals surface area (Å²) in [4.78, 5) is 16.1. The third kappa shape index (κ3) is 3.54. The van der Waals surface area contributed by atoms with Gasteiger partial charge in [-0.25, -0.2) is 4.98 Å². The summed E-state index contributed by atoms with van der Waals surface area (Å²) in [5.74, 6) is -0.0781. The number of hydrogen-bond donors (Lipinski definition) is 1. The Bertz CT molecular complexity index is 517. The first-order chi connectivity index (χ1) is 9.20. The van der Waals surface area contributed by atoms with E-state index in [-0.39, 0.29) is 5.91 Å². The lowest BCUT2D eigenvalue weighted by atomic mass is 10.3. The van der Waals surface area contributed by atoms with Gasteiger partial charge >= 0.3 is 0 Å². The van der Waals surface area contributed by atoms with Gasteiger partial charge < -0.3 is 14.5 Å². The van der Waals surface area contributed by atoms with Crippen LogP contribution >= 0.6 is 0 Å². The van der Waals surface area contributed by atoms with E-state index in [0.717, 1.165) is 11.3 Å². The SMILES string of the molecule is CCO[C@@H](C)C(=O)NCCc1cn2ccccc2n1. The largest absolute Gasteiger partial charge is 0.369 e. The molecule has 0 spiro atoms. The van der Waals surface area contributed by atoms with Crippen LogP contribution in [-0.2, 0) is 16.0 Å². The molecule has 19 heavy (non-hydrogen) atoms. The molecule has 0 saturated carbocycles. The highest BCUT2D eigenvalue weighted by molar-refractivity contribution is 5.80. The van der Waals surface area contributed by atoms with Gasteiger partial charge in [-0.2, -0.15) is 0 Å². The molecular weight excluding hydrogens is 242 g/mol. The minimum absolute atomic E-state index is 0.0781. The molecule has 0 radical (unpaired) electrons. The first-order valence-electron chi connectivity index (χ1n) is 6.52. The molecule has 0 aliphatic carbocycles. The molecule has 5 nitrogen and oxygen atoms in total. The lowest BCUT2D eigenvalue weighted by molar-refractivity contribution is -0.131. The van der Waals surface area contributed by atoms with E-state index in [0.29, 0.717) is 19.6 Å². The van der Waals surface area contributed by atoms with Crippen molar-refractivity contribution in [3.05, 3.63) is 36.3 Å². The van der Waals surface area contributed by atoms with E-state index in [1.165, 1.54) is 0 Å². The Hall–Kier alpha value is -1.88. The first-order valence-corrected chi connectivity index (χ1v) is 6.52. The monoisotopic (exact) mass is 261 g/mol. The summed E-state index contributed by atoms with van der Waals surface area (Å²) in [5.41, 5.74) is 1.89. The number of nitrogens with zero attached hydrogens (tertiary/aromatic N) is 2. The number of imidazole rings is 1. The Morgan fingerprint density at radius 3 is 3.11 bits per heavy atom. The van der Waals surface area contributed by atoms with E-state index in [2.05, 4.69) is 10.3 Å². The van der Waals surface area contributed by atoms with Crippen LogP contribution in [0.2, 0.25) is 0 Å². The smallest absolute Gasteiger partial charge is 0.248 e. The number of aromatic nitrogens is 2. The second-order valence-corrected chi connectivity index (χ2v) is 4.34. The highest BCUT2D eigenvalue weighted by Crippen LogP contribution is 2.04. The molecule has 2 aromatic heterocycles. The highest BCUT2D eigenvalue weighted by atomic mass is 16.5. The molecule has 0 saturated heterocycles. The van der Waals surface area contributed by atoms with Crippen LogP contribution in [0.15, 0.2) is 30.6 Å². The predicted molar refractivity (Wildman–Crippen MR) is 73.0 cm³/mol. The van der Waals surface area contributed by atoms with Crippen LogP contribution in [0.5, 0.6) is 0 Å².